The number of nitrogens with one attached hydrogen (secondary N) is 1. The van der Waals surface area contributed by atoms with E-state index in [1.54, 1.807) is 25.1 Å². The van der Waals surface area contributed by atoms with E-state index < -0.39 is 17.8 Å². The molecule has 1 atom stereocenters. The van der Waals surface area contributed by atoms with Gasteiger partial charge in [-0.05, 0) is 18.6 Å². The number of esters is 1. The Morgan fingerprint density at radius 3 is 2.90 bits per heavy atom. The van der Waals surface area contributed by atoms with Gasteiger partial charge in [0.25, 0.3) is 0 Å². The molecule has 1 aromatic carbocycles. The summed E-state index contributed by atoms with van der Waals surface area (Å²) in [5, 5.41) is 3.07. The lowest BCUT2D eigenvalue weighted by Gasteiger charge is -2.34. The van der Waals surface area contributed by atoms with Gasteiger partial charge in [-0.15, -0.1) is 0 Å². The van der Waals surface area contributed by atoms with Gasteiger partial charge in [0.15, 0.2) is 0 Å². The average molecular weight is 294 g/mol. The smallest absolute Gasteiger partial charge is 0.330 e. The number of carbonyl (C=O) groups excluding carboxylic acids is 2. The molecule has 1 N–H and O–H groups in total. The molecule has 2 rings (SSSR count). The fraction of sp³-hybridized carbons (Fsp3) is 0.467. The first kappa shape index (κ1) is 15.4. The van der Waals surface area contributed by atoms with Crippen molar-refractivity contribution in [2.45, 2.75) is 19.4 Å². The summed E-state index contributed by atoms with van der Waals surface area (Å²) in [5.74, 6) is -1.10. The van der Waals surface area contributed by atoms with Crippen molar-refractivity contribution in [3.63, 3.8) is 0 Å². The predicted molar refractivity (Wildman–Crippen MR) is 75.1 cm³/mol. The van der Waals surface area contributed by atoms with Crippen molar-refractivity contribution in [1.82, 2.24) is 10.2 Å². The summed E-state index contributed by atoms with van der Waals surface area (Å²) in [5.41, 5.74) is 0.337. The third kappa shape index (κ3) is 3.78. The summed E-state index contributed by atoms with van der Waals surface area (Å²) >= 11 is 0. The Labute approximate surface area is 123 Å². The van der Waals surface area contributed by atoms with Gasteiger partial charge in [-0.3, -0.25) is 4.79 Å². The largest absolute Gasteiger partial charge is 0.464 e. The number of ether oxygens (including phenoxy) is 1. The standard InChI is InChI=1S/C15H19FN2O3/c1-2-21-15(20)13-10-17-7-8-18(13)14(19)9-11-5-3-4-6-12(11)16/h3-6,13,17H,2,7-10H2,1H3. The lowest BCUT2D eigenvalue weighted by Crippen LogP contribution is -2.57. The lowest BCUT2D eigenvalue weighted by atomic mass is 10.1. The molecule has 114 valence electrons. The summed E-state index contributed by atoms with van der Waals surface area (Å²) in [6, 6.07) is 5.53. The van der Waals surface area contributed by atoms with E-state index in [-0.39, 0.29) is 18.9 Å². The van der Waals surface area contributed by atoms with Crippen LogP contribution in [-0.2, 0) is 20.7 Å². The van der Waals surface area contributed by atoms with Crippen molar-refractivity contribution in [2.24, 2.45) is 0 Å². The molecule has 0 aromatic heterocycles. The summed E-state index contributed by atoms with van der Waals surface area (Å²) in [7, 11) is 0. The molecule has 0 spiro atoms. The van der Waals surface area contributed by atoms with Gasteiger partial charge < -0.3 is 15.0 Å². The quantitative estimate of drug-likeness (QED) is 0.832. The van der Waals surface area contributed by atoms with Crippen LogP contribution in [-0.4, -0.2) is 49.1 Å². The number of hydrogen-bond acceptors (Lipinski definition) is 4. The van der Waals surface area contributed by atoms with Crippen LogP contribution in [0.25, 0.3) is 0 Å². The first-order valence-electron chi connectivity index (χ1n) is 7.03. The van der Waals surface area contributed by atoms with Gasteiger partial charge in [-0.1, -0.05) is 18.2 Å². The van der Waals surface area contributed by atoms with Crippen LogP contribution in [0.5, 0.6) is 0 Å². The molecule has 1 amide bonds. The van der Waals surface area contributed by atoms with Crippen LogP contribution in [0.15, 0.2) is 24.3 Å². The van der Waals surface area contributed by atoms with Crippen LogP contribution in [0, 0.1) is 5.82 Å². The third-order valence-corrected chi connectivity index (χ3v) is 3.42. The molecule has 1 aliphatic rings. The number of piperazine rings is 1. The fourth-order valence-electron chi connectivity index (χ4n) is 2.36. The topological polar surface area (TPSA) is 58.6 Å². The van der Waals surface area contributed by atoms with Crippen LogP contribution in [0.3, 0.4) is 0 Å². The highest BCUT2D eigenvalue weighted by Gasteiger charge is 2.33. The molecular weight excluding hydrogens is 275 g/mol. The second-order valence-electron chi connectivity index (χ2n) is 4.83. The Hall–Kier alpha value is -1.95. The molecular formula is C15H19FN2O3. The van der Waals surface area contributed by atoms with Crippen molar-refractivity contribution in [3.05, 3.63) is 35.6 Å². The molecule has 1 aliphatic heterocycles. The van der Waals surface area contributed by atoms with E-state index in [2.05, 4.69) is 5.32 Å². The maximum absolute atomic E-state index is 13.6. The Morgan fingerprint density at radius 1 is 1.43 bits per heavy atom. The predicted octanol–water partition coefficient (Wildman–Crippen LogP) is 0.732. The Morgan fingerprint density at radius 2 is 2.19 bits per heavy atom. The number of nitrogens with zero attached hydrogens (tertiary/aromatic N) is 1. The monoisotopic (exact) mass is 294 g/mol. The Bertz CT molecular complexity index is 521. The number of hydrogen-bond donors (Lipinski definition) is 1. The number of carbonyl (C=O) groups is 2. The van der Waals surface area contributed by atoms with Crippen molar-refractivity contribution in [1.29, 1.82) is 0 Å². The molecule has 21 heavy (non-hydrogen) atoms. The number of halogens is 1. The summed E-state index contributed by atoms with van der Waals surface area (Å²) in [6.45, 7) is 3.38. The highest BCUT2D eigenvalue weighted by molar-refractivity contribution is 5.86. The second kappa shape index (κ2) is 7.17. The first-order valence-corrected chi connectivity index (χ1v) is 7.03. The van der Waals surface area contributed by atoms with E-state index in [0.717, 1.165) is 0 Å². The number of amides is 1. The second-order valence-corrected chi connectivity index (χ2v) is 4.83. The molecule has 1 saturated heterocycles. The fourth-order valence-corrected chi connectivity index (χ4v) is 2.36. The summed E-state index contributed by atoms with van der Waals surface area (Å²) < 4.78 is 18.6. The Balaban J connectivity index is 2.08. The summed E-state index contributed by atoms with van der Waals surface area (Å²) in [6.07, 6.45) is -0.0530. The van der Waals surface area contributed by atoms with Crippen LogP contribution in [0.2, 0.25) is 0 Å². The van der Waals surface area contributed by atoms with E-state index in [1.807, 2.05) is 0 Å². The van der Waals surface area contributed by atoms with Gasteiger partial charge >= 0.3 is 5.97 Å². The van der Waals surface area contributed by atoms with Gasteiger partial charge in [0.05, 0.1) is 13.0 Å². The maximum atomic E-state index is 13.6. The average Bonchev–Trinajstić information content (AvgIpc) is 2.50. The van der Waals surface area contributed by atoms with Crippen LogP contribution >= 0.6 is 0 Å². The molecule has 6 heteroatoms. The molecule has 1 fully saturated rings. The minimum atomic E-state index is -0.641. The molecule has 0 saturated carbocycles. The van der Waals surface area contributed by atoms with Gasteiger partial charge in [0, 0.05) is 19.6 Å². The van der Waals surface area contributed by atoms with Crippen molar-refractivity contribution < 1.29 is 18.7 Å². The minimum absolute atomic E-state index is 0.0530. The van der Waals surface area contributed by atoms with Gasteiger partial charge in [-0.25, -0.2) is 9.18 Å². The van der Waals surface area contributed by atoms with E-state index in [4.69, 9.17) is 4.74 Å². The first-order chi connectivity index (χ1) is 10.1. The summed E-state index contributed by atoms with van der Waals surface area (Å²) in [4.78, 5) is 25.7. The highest BCUT2D eigenvalue weighted by atomic mass is 19.1. The molecule has 1 aromatic rings. The third-order valence-electron chi connectivity index (χ3n) is 3.42. The zero-order valence-corrected chi connectivity index (χ0v) is 12.0. The molecule has 0 bridgehead atoms. The van der Waals surface area contributed by atoms with E-state index in [1.165, 1.54) is 11.0 Å². The zero-order chi connectivity index (χ0) is 15.2. The molecule has 1 heterocycles. The van der Waals surface area contributed by atoms with Crippen LogP contribution in [0.4, 0.5) is 4.39 Å². The number of benzene rings is 1. The van der Waals surface area contributed by atoms with E-state index >= 15 is 0 Å². The van der Waals surface area contributed by atoms with Crippen molar-refractivity contribution in [3.8, 4) is 0 Å². The molecule has 0 aliphatic carbocycles. The number of rotatable bonds is 4. The normalized spacial score (nSPS) is 18.4. The van der Waals surface area contributed by atoms with Gasteiger partial charge in [0.2, 0.25) is 5.91 Å². The van der Waals surface area contributed by atoms with Gasteiger partial charge in [-0.2, -0.15) is 0 Å². The lowest BCUT2D eigenvalue weighted by molar-refractivity contribution is -0.155. The zero-order valence-electron chi connectivity index (χ0n) is 12.0. The molecule has 1 unspecified atom stereocenters. The van der Waals surface area contributed by atoms with E-state index in [9.17, 15) is 14.0 Å². The maximum Gasteiger partial charge on any atom is 0.330 e. The van der Waals surface area contributed by atoms with Crippen molar-refractivity contribution in [2.75, 3.05) is 26.2 Å². The minimum Gasteiger partial charge on any atom is -0.464 e. The molecule has 0 radical (unpaired) electrons. The van der Waals surface area contributed by atoms with Crippen LogP contribution < -0.4 is 5.32 Å². The SMILES string of the molecule is CCOC(=O)C1CNCCN1C(=O)Cc1ccccc1F. The highest BCUT2D eigenvalue weighted by Crippen LogP contribution is 2.12. The molecule has 5 nitrogen and oxygen atoms in total. The van der Waals surface area contributed by atoms with E-state index in [0.29, 0.717) is 25.2 Å². The van der Waals surface area contributed by atoms with Gasteiger partial charge in [0.1, 0.15) is 11.9 Å². The van der Waals surface area contributed by atoms with Crippen LogP contribution in [0.1, 0.15) is 12.5 Å². The Kier molecular flexibility index (Phi) is 5.27. The van der Waals surface area contributed by atoms with Crippen molar-refractivity contribution >= 4 is 11.9 Å².